The normalized spacial score (nSPS) is 11.6. The Hall–Kier alpha value is -1.41. The molecule has 1 heterocycles. The molecule has 2 N–H and O–H groups in total. The zero-order chi connectivity index (χ0) is 13.8. The summed E-state index contributed by atoms with van der Waals surface area (Å²) >= 11 is 0. The van der Waals surface area contributed by atoms with Crippen molar-refractivity contribution in [2.75, 3.05) is 44.1 Å². The van der Waals surface area contributed by atoms with Crippen LogP contribution in [0.1, 0.15) is 5.56 Å². The molecule has 0 aliphatic rings. The van der Waals surface area contributed by atoms with Gasteiger partial charge >= 0.3 is 0 Å². The molecule has 0 aliphatic carbocycles. The van der Waals surface area contributed by atoms with Gasteiger partial charge in [0.25, 0.3) is 0 Å². The topological polar surface area (TPSA) is 87.2 Å². The molecule has 18 heavy (non-hydrogen) atoms. The molecule has 0 fully saturated rings. The van der Waals surface area contributed by atoms with Gasteiger partial charge in [0.1, 0.15) is 18.0 Å². The van der Waals surface area contributed by atoms with Crippen molar-refractivity contribution in [2.24, 2.45) is 0 Å². The van der Waals surface area contributed by atoms with Gasteiger partial charge in [0.05, 0.1) is 5.75 Å². The molecule has 0 amide bonds. The summed E-state index contributed by atoms with van der Waals surface area (Å²) in [6.45, 7) is 2.18. The van der Waals surface area contributed by atoms with Crippen LogP contribution < -0.4 is 10.6 Å². The lowest BCUT2D eigenvalue weighted by Gasteiger charge is -2.13. The third-order valence-corrected chi connectivity index (χ3v) is 4.36. The minimum absolute atomic E-state index is 0.0261. The molecule has 0 saturated carbocycles. The predicted octanol–water partition coefficient (Wildman–Crippen LogP) is 0.130. The highest BCUT2D eigenvalue weighted by molar-refractivity contribution is 7.89. The van der Waals surface area contributed by atoms with Gasteiger partial charge in [-0.2, -0.15) is 0 Å². The molecule has 0 unspecified atom stereocenters. The number of nitrogens with zero attached hydrogens (tertiary/aromatic N) is 3. The number of hydrogen-bond donors (Lipinski definition) is 2. The highest BCUT2D eigenvalue weighted by Crippen LogP contribution is 2.16. The molecular weight excluding hydrogens is 254 g/mol. The Morgan fingerprint density at radius 2 is 1.89 bits per heavy atom. The monoisotopic (exact) mass is 273 g/mol. The molecule has 0 saturated heterocycles. The molecule has 1 aromatic rings. The van der Waals surface area contributed by atoms with E-state index in [2.05, 4.69) is 20.6 Å². The number of anilines is 2. The summed E-state index contributed by atoms with van der Waals surface area (Å²) in [4.78, 5) is 8.13. The fourth-order valence-electron chi connectivity index (χ4n) is 1.36. The standard InChI is InChI=1S/C10H19N5O2S/c1-8-9(11-2)13-7-14-10(8)12-5-6-18(16,17)15(3)4/h7H,5-6H2,1-4H3,(H2,11,12,13,14). The maximum absolute atomic E-state index is 11.6. The molecule has 0 atom stereocenters. The highest BCUT2D eigenvalue weighted by Gasteiger charge is 2.13. The SMILES string of the molecule is CNc1ncnc(NCCS(=O)(=O)N(C)C)c1C. The number of aromatic nitrogens is 2. The van der Waals surface area contributed by atoms with Gasteiger partial charge in [-0.15, -0.1) is 0 Å². The van der Waals surface area contributed by atoms with Crippen LogP contribution in [0, 0.1) is 6.92 Å². The van der Waals surface area contributed by atoms with E-state index in [0.717, 1.165) is 11.4 Å². The Morgan fingerprint density at radius 1 is 1.28 bits per heavy atom. The molecule has 0 spiro atoms. The Morgan fingerprint density at radius 3 is 2.44 bits per heavy atom. The van der Waals surface area contributed by atoms with Crippen LogP contribution in [0.3, 0.4) is 0 Å². The minimum atomic E-state index is -3.19. The van der Waals surface area contributed by atoms with E-state index in [1.165, 1.54) is 24.7 Å². The summed E-state index contributed by atoms with van der Waals surface area (Å²) in [7, 11) is 1.62. The minimum Gasteiger partial charge on any atom is -0.373 e. The number of hydrogen-bond acceptors (Lipinski definition) is 6. The van der Waals surface area contributed by atoms with Crippen LogP contribution in [-0.4, -0.2) is 56.1 Å². The van der Waals surface area contributed by atoms with Crippen LogP contribution in [0.4, 0.5) is 11.6 Å². The second-order valence-corrected chi connectivity index (χ2v) is 6.27. The van der Waals surface area contributed by atoms with E-state index in [1.807, 2.05) is 6.92 Å². The van der Waals surface area contributed by atoms with E-state index >= 15 is 0 Å². The van der Waals surface area contributed by atoms with Crippen molar-refractivity contribution in [2.45, 2.75) is 6.92 Å². The Labute approximate surface area is 108 Å². The second-order valence-electron chi connectivity index (χ2n) is 3.97. The van der Waals surface area contributed by atoms with Crippen LogP contribution in [0.5, 0.6) is 0 Å². The van der Waals surface area contributed by atoms with E-state index in [0.29, 0.717) is 12.4 Å². The zero-order valence-corrected chi connectivity index (χ0v) is 11.9. The van der Waals surface area contributed by atoms with Crippen molar-refractivity contribution in [1.29, 1.82) is 0 Å². The maximum atomic E-state index is 11.6. The van der Waals surface area contributed by atoms with Crippen LogP contribution in [0.2, 0.25) is 0 Å². The molecule has 7 nitrogen and oxygen atoms in total. The van der Waals surface area contributed by atoms with Gasteiger partial charge in [-0.25, -0.2) is 22.7 Å². The molecular formula is C10H19N5O2S. The van der Waals surface area contributed by atoms with Crippen LogP contribution in [-0.2, 0) is 10.0 Å². The lowest BCUT2D eigenvalue weighted by Crippen LogP contribution is -2.28. The Bertz CT molecular complexity index is 501. The fourth-order valence-corrected chi connectivity index (χ4v) is 2.09. The summed E-state index contributed by atoms with van der Waals surface area (Å²) in [6, 6.07) is 0. The molecule has 0 aliphatic heterocycles. The maximum Gasteiger partial charge on any atom is 0.215 e. The van der Waals surface area contributed by atoms with Crippen LogP contribution in [0.25, 0.3) is 0 Å². The first-order chi connectivity index (χ1) is 8.38. The quantitative estimate of drug-likeness (QED) is 0.766. The Balaban J connectivity index is 2.65. The van der Waals surface area contributed by atoms with Crippen LogP contribution in [0.15, 0.2) is 6.33 Å². The summed E-state index contributed by atoms with van der Waals surface area (Å²) in [5, 5.41) is 5.94. The van der Waals surface area contributed by atoms with E-state index in [1.54, 1.807) is 7.05 Å². The Kier molecular flexibility index (Phi) is 4.85. The summed E-state index contributed by atoms with van der Waals surface area (Å²) in [5.74, 6) is 1.39. The second kappa shape index (κ2) is 5.96. The lowest BCUT2D eigenvalue weighted by atomic mass is 10.3. The molecule has 0 bridgehead atoms. The molecule has 8 heteroatoms. The van der Waals surface area contributed by atoms with Gasteiger partial charge < -0.3 is 10.6 Å². The van der Waals surface area contributed by atoms with Crippen molar-refractivity contribution in [3.8, 4) is 0 Å². The molecule has 1 rings (SSSR count). The number of sulfonamides is 1. The van der Waals surface area contributed by atoms with Gasteiger partial charge in [-0.05, 0) is 6.92 Å². The van der Waals surface area contributed by atoms with Crippen molar-refractivity contribution >= 4 is 21.7 Å². The van der Waals surface area contributed by atoms with Crippen molar-refractivity contribution in [1.82, 2.24) is 14.3 Å². The number of rotatable bonds is 6. The number of nitrogens with one attached hydrogen (secondary N) is 2. The van der Waals surface area contributed by atoms with Crippen molar-refractivity contribution < 1.29 is 8.42 Å². The fraction of sp³-hybridized carbons (Fsp3) is 0.600. The van der Waals surface area contributed by atoms with E-state index in [-0.39, 0.29) is 5.75 Å². The average Bonchev–Trinajstić information content (AvgIpc) is 2.31. The molecule has 0 aromatic carbocycles. The van der Waals surface area contributed by atoms with Crippen LogP contribution >= 0.6 is 0 Å². The molecule has 0 radical (unpaired) electrons. The largest absolute Gasteiger partial charge is 0.373 e. The smallest absolute Gasteiger partial charge is 0.215 e. The lowest BCUT2D eigenvalue weighted by molar-refractivity contribution is 0.521. The van der Waals surface area contributed by atoms with Gasteiger partial charge in [0.2, 0.25) is 10.0 Å². The first-order valence-corrected chi connectivity index (χ1v) is 7.13. The van der Waals surface area contributed by atoms with Gasteiger partial charge in [-0.3, -0.25) is 0 Å². The van der Waals surface area contributed by atoms with Gasteiger partial charge in [0.15, 0.2) is 0 Å². The third-order valence-electron chi connectivity index (χ3n) is 2.53. The first-order valence-electron chi connectivity index (χ1n) is 5.52. The zero-order valence-electron chi connectivity index (χ0n) is 11.1. The first kappa shape index (κ1) is 14.7. The molecule has 1 aromatic heterocycles. The summed E-state index contributed by atoms with van der Waals surface area (Å²) < 4.78 is 24.3. The average molecular weight is 273 g/mol. The van der Waals surface area contributed by atoms with Crippen molar-refractivity contribution in [3.63, 3.8) is 0 Å². The van der Waals surface area contributed by atoms with Crippen molar-refractivity contribution in [3.05, 3.63) is 11.9 Å². The summed E-state index contributed by atoms with van der Waals surface area (Å²) in [5.41, 5.74) is 0.863. The van der Waals surface area contributed by atoms with Gasteiger partial charge in [0, 0.05) is 33.3 Å². The van der Waals surface area contributed by atoms with E-state index < -0.39 is 10.0 Å². The van der Waals surface area contributed by atoms with Gasteiger partial charge in [-0.1, -0.05) is 0 Å². The summed E-state index contributed by atoms with van der Waals surface area (Å²) in [6.07, 6.45) is 1.43. The molecule has 102 valence electrons. The predicted molar refractivity (Wildman–Crippen MR) is 72.3 cm³/mol. The van der Waals surface area contributed by atoms with E-state index in [9.17, 15) is 8.42 Å². The third kappa shape index (κ3) is 3.54. The highest BCUT2D eigenvalue weighted by atomic mass is 32.2. The van der Waals surface area contributed by atoms with E-state index in [4.69, 9.17) is 0 Å².